The van der Waals surface area contributed by atoms with Crippen LogP contribution in [-0.4, -0.2) is 31.0 Å². The van der Waals surface area contributed by atoms with Crippen molar-refractivity contribution < 1.29 is 9.53 Å². The lowest BCUT2D eigenvalue weighted by atomic mass is 9.95. The number of amides is 1. The number of rotatable bonds is 5. The Labute approximate surface area is 156 Å². The Morgan fingerprint density at radius 3 is 2.50 bits per heavy atom. The van der Waals surface area contributed by atoms with E-state index in [-0.39, 0.29) is 11.9 Å². The molecule has 0 unspecified atom stereocenters. The zero-order valence-electron chi connectivity index (χ0n) is 15.9. The van der Waals surface area contributed by atoms with Crippen LogP contribution < -0.4 is 10.1 Å². The summed E-state index contributed by atoms with van der Waals surface area (Å²) in [5.74, 6) is 1.40. The summed E-state index contributed by atoms with van der Waals surface area (Å²) >= 11 is 0. The van der Waals surface area contributed by atoms with E-state index in [0.717, 1.165) is 48.7 Å². The third-order valence-corrected chi connectivity index (χ3v) is 5.16. The highest BCUT2D eigenvalue weighted by molar-refractivity contribution is 5.96. The Morgan fingerprint density at radius 2 is 1.85 bits per heavy atom. The van der Waals surface area contributed by atoms with Crippen LogP contribution in [0, 0.1) is 12.8 Å². The summed E-state index contributed by atoms with van der Waals surface area (Å²) in [6, 6.07) is 15.6. The fourth-order valence-electron chi connectivity index (χ4n) is 3.57. The van der Waals surface area contributed by atoms with Crippen LogP contribution in [0.1, 0.15) is 36.9 Å². The van der Waals surface area contributed by atoms with Crippen LogP contribution in [0.15, 0.2) is 48.5 Å². The Balaban J connectivity index is 1.87. The number of nitrogens with zero attached hydrogens (tertiary/aromatic N) is 1. The van der Waals surface area contributed by atoms with Gasteiger partial charge in [-0.25, -0.2) is 0 Å². The molecular weight excluding hydrogens is 324 g/mol. The van der Waals surface area contributed by atoms with Crippen molar-refractivity contribution in [1.29, 1.82) is 0 Å². The van der Waals surface area contributed by atoms with Crippen molar-refractivity contribution in [3.05, 3.63) is 59.7 Å². The van der Waals surface area contributed by atoms with Crippen molar-refractivity contribution >= 4 is 11.6 Å². The molecule has 0 aliphatic carbocycles. The maximum absolute atomic E-state index is 13.3. The minimum atomic E-state index is -0.283. The maximum Gasteiger partial charge on any atom is 0.246 e. The number of benzene rings is 2. The second kappa shape index (κ2) is 8.37. The molecule has 0 radical (unpaired) electrons. The van der Waals surface area contributed by atoms with Gasteiger partial charge < -0.3 is 10.1 Å². The summed E-state index contributed by atoms with van der Waals surface area (Å²) in [6.45, 7) is 6.18. The monoisotopic (exact) mass is 352 g/mol. The van der Waals surface area contributed by atoms with Gasteiger partial charge in [0.25, 0.3) is 0 Å². The van der Waals surface area contributed by atoms with Crippen LogP contribution in [0.5, 0.6) is 5.75 Å². The van der Waals surface area contributed by atoms with Crippen molar-refractivity contribution in [2.75, 3.05) is 25.5 Å². The van der Waals surface area contributed by atoms with Crippen LogP contribution in [0.2, 0.25) is 0 Å². The summed E-state index contributed by atoms with van der Waals surface area (Å²) in [5, 5.41) is 3.10. The van der Waals surface area contributed by atoms with Gasteiger partial charge in [0.15, 0.2) is 0 Å². The van der Waals surface area contributed by atoms with E-state index >= 15 is 0 Å². The predicted molar refractivity (Wildman–Crippen MR) is 106 cm³/mol. The Kier molecular flexibility index (Phi) is 5.94. The quantitative estimate of drug-likeness (QED) is 0.866. The number of carbonyl (C=O) groups is 1. The molecule has 1 aliphatic rings. The summed E-state index contributed by atoms with van der Waals surface area (Å²) in [6.07, 6.45) is 2.26. The average Bonchev–Trinajstić information content (AvgIpc) is 2.65. The second-order valence-corrected chi connectivity index (χ2v) is 7.22. The zero-order valence-corrected chi connectivity index (χ0v) is 15.9. The number of hydrogen-bond donors (Lipinski definition) is 1. The van der Waals surface area contributed by atoms with E-state index < -0.39 is 0 Å². The standard InChI is InChI=1S/C22H28N2O2/c1-16-11-13-24(14-12-16)21(18-7-5-4-6-8-18)22(25)23-19-15-17(2)9-10-20(19)26-3/h4-10,15-16,21H,11-14H2,1-3H3,(H,23,25)/t21-/m1/s1. The van der Waals surface area contributed by atoms with E-state index in [1.54, 1.807) is 7.11 Å². The van der Waals surface area contributed by atoms with Gasteiger partial charge in [0, 0.05) is 0 Å². The lowest BCUT2D eigenvalue weighted by molar-refractivity contribution is -0.122. The third-order valence-electron chi connectivity index (χ3n) is 5.16. The fraction of sp³-hybridized carbons (Fsp3) is 0.409. The molecule has 26 heavy (non-hydrogen) atoms. The van der Waals surface area contributed by atoms with Crippen LogP contribution in [-0.2, 0) is 4.79 Å². The van der Waals surface area contributed by atoms with Crippen molar-refractivity contribution in [3.8, 4) is 5.75 Å². The van der Waals surface area contributed by atoms with Gasteiger partial charge in [0.05, 0.1) is 12.8 Å². The molecule has 3 rings (SSSR count). The first-order valence-corrected chi connectivity index (χ1v) is 9.33. The molecule has 2 aromatic carbocycles. The fourth-order valence-corrected chi connectivity index (χ4v) is 3.57. The Morgan fingerprint density at radius 1 is 1.15 bits per heavy atom. The van der Waals surface area contributed by atoms with Crippen molar-refractivity contribution in [1.82, 2.24) is 4.90 Å². The molecule has 1 aliphatic heterocycles. The molecule has 1 fully saturated rings. The van der Waals surface area contributed by atoms with E-state index in [1.807, 2.05) is 55.5 Å². The lowest BCUT2D eigenvalue weighted by Crippen LogP contribution is -2.41. The number of anilines is 1. The molecule has 2 aromatic rings. The highest BCUT2D eigenvalue weighted by atomic mass is 16.5. The van der Waals surface area contributed by atoms with E-state index in [2.05, 4.69) is 17.1 Å². The molecule has 1 atom stereocenters. The molecule has 0 saturated carbocycles. The van der Waals surface area contributed by atoms with Crippen LogP contribution in [0.25, 0.3) is 0 Å². The molecule has 1 heterocycles. The molecule has 1 saturated heterocycles. The summed E-state index contributed by atoms with van der Waals surface area (Å²) in [5.41, 5.74) is 2.85. The van der Waals surface area contributed by atoms with Crippen molar-refractivity contribution in [2.45, 2.75) is 32.7 Å². The second-order valence-electron chi connectivity index (χ2n) is 7.22. The van der Waals surface area contributed by atoms with Crippen molar-refractivity contribution in [2.24, 2.45) is 5.92 Å². The van der Waals surface area contributed by atoms with Gasteiger partial charge in [-0.2, -0.15) is 0 Å². The first-order valence-electron chi connectivity index (χ1n) is 9.33. The van der Waals surface area contributed by atoms with E-state index in [9.17, 15) is 4.79 Å². The minimum Gasteiger partial charge on any atom is -0.495 e. The molecule has 138 valence electrons. The van der Waals surface area contributed by atoms with Crippen LogP contribution >= 0.6 is 0 Å². The van der Waals surface area contributed by atoms with E-state index in [0.29, 0.717) is 5.75 Å². The molecule has 0 bridgehead atoms. The molecule has 0 aromatic heterocycles. The minimum absolute atomic E-state index is 0.00495. The van der Waals surface area contributed by atoms with Gasteiger partial charge in [-0.15, -0.1) is 0 Å². The molecule has 1 amide bonds. The number of ether oxygens (including phenoxy) is 1. The number of hydrogen-bond acceptors (Lipinski definition) is 3. The van der Waals surface area contributed by atoms with Gasteiger partial charge in [-0.1, -0.05) is 43.3 Å². The van der Waals surface area contributed by atoms with Crippen LogP contribution in [0.4, 0.5) is 5.69 Å². The van der Waals surface area contributed by atoms with Crippen molar-refractivity contribution in [3.63, 3.8) is 0 Å². The first-order chi connectivity index (χ1) is 12.6. The highest BCUT2D eigenvalue weighted by Crippen LogP contribution is 2.30. The topological polar surface area (TPSA) is 41.6 Å². The molecule has 1 N–H and O–H groups in total. The molecule has 0 spiro atoms. The summed E-state index contributed by atoms with van der Waals surface area (Å²) < 4.78 is 5.42. The van der Waals surface area contributed by atoms with E-state index in [1.165, 1.54) is 0 Å². The predicted octanol–water partition coefficient (Wildman–Crippen LogP) is 4.42. The molecule has 4 heteroatoms. The number of nitrogens with one attached hydrogen (secondary N) is 1. The first kappa shape index (κ1) is 18.5. The highest BCUT2D eigenvalue weighted by Gasteiger charge is 2.30. The lowest BCUT2D eigenvalue weighted by Gasteiger charge is -2.36. The number of carbonyl (C=O) groups excluding carboxylic acids is 1. The van der Waals surface area contributed by atoms with Gasteiger partial charge in [0.1, 0.15) is 11.8 Å². The number of aryl methyl sites for hydroxylation is 1. The zero-order chi connectivity index (χ0) is 18.5. The average molecular weight is 352 g/mol. The number of likely N-dealkylation sites (tertiary alicyclic amines) is 1. The molecule has 4 nitrogen and oxygen atoms in total. The summed E-state index contributed by atoms with van der Waals surface area (Å²) in [4.78, 5) is 15.6. The summed E-state index contributed by atoms with van der Waals surface area (Å²) in [7, 11) is 1.63. The third kappa shape index (κ3) is 4.25. The van der Waals surface area contributed by atoms with Gasteiger partial charge in [0.2, 0.25) is 5.91 Å². The number of methoxy groups -OCH3 is 1. The number of piperidine rings is 1. The van der Waals surface area contributed by atoms with Crippen LogP contribution in [0.3, 0.4) is 0 Å². The van der Waals surface area contributed by atoms with Gasteiger partial charge >= 0.3 is 0 Å². The smallest absolute Gasteiger partial charge is 0.246 e. The van der Waals surface area contributed by atoms with Gasteiger partial charge in [-0.05, 0) is 62.0 Å². The van der Waals surface area contributed by atoms with E-state index in [4.69, 9.17) is 4.74 Å². The largest absolute Gasteiger partial charge is 0.495 e. The molecular formula is C22H28N2O2. The Bertz CT molecular complexity index is 737. The Hall–Kier alpha value is -2.33. The SMILES string of the molecule is COc1ccc(C)cc1NC(=O)[C@@H](c1ccccc1)N1CCC(C)CC1. The normalized spacial score (nSPS) is 16.9. The maximum atomic E-state index is 13.3. The van der Waals surface area contributed by atoms with Gasteiger partial charge in [-0.3, -0.25) is 9.69 Å².